The molecule has 2 aromatic rings. The fourth-order valence-corrected chi connectivity index (χ4v) is 1.67. The highest BCUT2D eigenvalue weighted by molar-refractivity contribution is 5.73. The Labute approximate surface area is 99.0 Å². The van der Waals surface area contributed by atoms with E-state index in [1.54, 1.807) is 11.8 Å². The number of hydrogen-bond donors (Lipinski definition) is 0. The second kappa shape index (κ2) is 4.37. The molecule has 1 aromatic heterocycles. The number of ether oxygens (including phenoxy) is 1. The predicted octanol–water partition coefficient (Wildman–Crippen LogP) is 1.71. The summed E-state index contributed by atoms with van der Waals surface area (Å²) in [7, 11) is 1.62. The zero-order valence-corrected chi connectivity index (χ0v) is 9.97. The van der Waals surface area contributed by atoms with E-state index in [2.05, 4.69) is 10.3 Å². The quantitative estimate of drug-likeness (QED) is 0.754. The SMILES string of the molecule is COc1ccc(-n2nnc(C=O)c2C)c(C)c1. The van der Waals surface area contributed by atoms with Crippen molar-refractivity contribution < 1.29 is 9.53 Å². The lowest BCUT2D eigenvalue weighted by atomic mass is 10.2. The maximum absolute atomic E-state index is 10.7. The molecule has 0 aliphatic carbocycles. The van der Waals surface area contributed by atoms with Crippen LogP contribution in [0, 0.1) is 13.8 Å². The van der Waals surface area contributed by atoms with Crippen LogP contribution in [0.25, 0.3) is 5.69 Å². The van der Waals surface area contributed by atoms with Crippen molar-refractivity contribution in [2.45, 2.75) is 13.8 Å². The molecule has 0 unspecified atom stereocenters. The first-order chi connectivity index (χ1) is 8.17. The maximum atomic E-state index is 10.7. The summed E-state index contributed by atoms with van der Waals surface area (Å²) in [5.41, 5.74) is 2.99. The van der Waals surface area contributed by atoms with E-state index in [4.69, 9.17) is 4.74 Å². The van der Waals surface area contributed by atoms with E-state index in [-0.39, 0.29) is 0 Å². The summed E-state index contributed by atoms with van der Waals surface area (Å²) in [6, 6.07) is 5.66. The number of benzene rings is 1. The summed E-state index contributed by atoms with van der Waals surface area (Å²) in [5, 5.41) is 7.78. The summed E-state index contributed by atoms with van der Waals surface area (Å²) < 4.78 is 6.79. The lowest BCUT2D eigenvalue weighted by molar-refractivity contribution is 0.111. The molecule has 5 nitrogen and oxygen atoms in total. The van der Waals surface area contributed by atoms with E-state index in [0.29, 0.717) is 12.0 Å². The first-order valence-electron chi connectivity index (χ1n) is 5.20. The van der Waals surface area contributed by atoms with Crippen molar-refractivity contribution in [1.29, 1.82) is 0 Å². The van der Waals surface area contributed by atoms with Crippen LogP contribution in [0.4, 0.5) is 0 Å². The Balaban J connectivity index is 2.53. The van der Waals surface area contributed by atoms with Gasteiger partial charge in [0, 0.05) is 0 Å². The molecule has 0 saturated carbocycles. The lowest BCUT2D eigenvalue weighted by Crippen LogP contribution is -2.02. The van der Waals surface area contributed by atoms with Gasteiger partial charge in [-0.2, -0.15) is 0 Å². The minimum Gasteiger partial charge on any atom is -0.497 e. The van der Waals surface area contributed by atoms with E-state index in [9.17, 15) is 4.79 Å². The van der Waals surface area contributed by atoms with Gasteiger partial charge >= 0.3 is 0 Å². The van der Waals surface area contributed by atoms with Crippen molar-refractivity contribution in [2.75, 3.05) is 7.11 Å². The number of nitrogens with zero attached hydrogens (tertiary/aromatic N) is 3. The molecule has 2 rings (SSSR count). The van der Waals surface area contributed by atoms with Crippen molar-refractivity contribution >= 4 is 6.29 Å². The first-order valence-corrected chi connectivity index (χ1v) is 5.20. The molecule has 1 heterocycles. The predicted molar refractivity (Wildman–Crippen MR) is 62.8 cm³/mol. The molecule has 17 heavy (non-hydrogen) atoms. The Bertz CT molecular complexity index is 561. The molecule has 0 radical (unpaired) electrons. The Hall–Kier alpha value is -2.17. The Morgan fingerprint density at radius 1 is 1.35 bits per heavy atom. The number of methoxy groups -OCH3 is 1. The molecule has 5 heteroatoms. The highest BCUT2D eigenvalue weighted by Crippen LogP contribution is 2.21. The number of carbonyl (C=O) groups is 1. The summed E-state index contributed by atoms with van der Waals surface area (Å²) in [6.07, 6.45) is 0.706. The molecular formula is C12H13N3O2. The molecular weight excluding hydrogens is 218 g/mol. The fourth-order valence-electron chi connectivity index (χ4n) is 1.67. The topological polar surface area (TPSA) is 57.0 Å². The van der Waals surface area contributed by atoms with Crippen molar-refractivity contribution in [1.82, 2.24) is 15.0 Å². The molecule has 0 aliphatic rings. The van der Waals surface area contributed by atoms with Gasteiger partial charge in [0.25, 0.3) is 0 Å². The van der Waals surface area contributed by atoms with Gasteiger partial charge in [0.1, 0.15) is 11.4 Å². The Kier molecular flexibility index (Phi) is 2.91. The van der Waals surface area contributed by atoms with Crippen LogP contribution in [0.3, 0.4) is 0 Å². The zero-order chi connectivity index (χ0) is 12.4. The Morgan fingerprint density at radius 2 is 2.12 bits per heavy atom. The van der Waals surface area contributed by atoms with Gasteiger partial charge in [-0.25, -0.2) is 4.68 Å². The van der Waals surface area contributed by atoms with Crippen LogP contribution in [0.1, 0.15) is 21.7 Å². The molecule has 88 valence electrons. The van der Waals surface area contributed by atoms with Gasteiger partial charge in [-0.15, -0.1) is 5.10 Å². The lowest BCUT2D eigenvalue weighted by Gasteiger charge is -2.08. The minimum atomic E-state index is 0.361. The molecule has 0 N–H and O–H groups in total. The van der Waals surface area contributed by atoms with E-state index in [1.807, 2.05) is 32.0 Å². The monoisotopic (exact) mass is 231 g/mol. The molecule has 0 bridgehead atoms. The highest BCUT2D eigenvalue weighted by Gasteiger charge is 2.11. The van der Waals surface area contributed by atoms with Gasteiger partial charge in [-0.05, 0) is 37.6 Å². The van der Waals surface area contributed by atoms with Gasteiger partial charge in [0.05, 0.1) is 18.5 Å². The summed E-state index contributed by atoms with van der Waals surface area (Å²) >= 11 is 0. The molecule has 0 amide bonds. The molecule has 0 spiro atoms. The molecule has 0 saturated heterocycles. The van der Waals surface area contributed by atoms with E-state index < -0.39 is 0 Å². The van der Waals surface area contributed by atoms with E-state index in [0.717, 1.165) is 22.7 Å². The second-order valence-electron chi connectivity index (χ2n) is 3.74. The van der Waals surface area contributed by atoms with Gasteiger partial charge in [0.2, 0.25) is 0 Å². The van der Waals surface area contributed by atoms with Crippen molar-refractivity contribution in [3.8, 4) is 11.4 Å². The Morgan fingerprint density at radius 3 is 2.65 bits per heavy atom. The highest BCUT2D eigenvalue weighted by atomic mass is 16.5. The van der Waals surface area contributed by atoms with E-state index in [1.165, 1.54) is 0 Å². The average Bonchev–Trinajstić information content (AvgIpc) is 2.70. The normalized spacial score (nSPS) is 10.3. The van der Waals surface area contributed by atoms with Crippen LogP contribution in [0.2, 0.25) is 0 Å². The summed E-state index contributed by atoms with van der Waals surface area (Å²) in [4.78, 5) is 10.7. The van der Waals surface area contributed by atoms with Crippen LogP contribution in [0.15, 0.2) is 18.2 Å². The third kappa shape index (κ3) is 1.91. The number of hydrogen-bond acceptors (Lipinski definition) is 4. The maximum Gasteiger partial charge on any atom is 0.172 e. The number of aldehydes is 1. The van der Waals surface area contributed by atoms with Gasteiger partial charge in [0.15, 0.2) is 6.29 Å². The zero-order valence-electron chi connectivity index (χ0n) is 9.97. The van der Waals surface area contributed by atoms with Crippen LogP contribution < -0.4 is 4.74 Å². The molecule has 1 aromatic carbocycles. The van der Waals surface area contributed by atoms with Crippen LogP contribution >= 0.6 is 0 Å². The van der Waals surface area contributed by atoms with Crippen LogP contribution in [-0.4, -0.2) is 28.4 Å². The number of rotatable bonds is 3. The molecule has 0 atom stereocenters. The standard InChI is InChI=1S/C12H13N3O2/c1-8-6-10(17-3)4-5-12(8)15-9(2)11(7-16)13-14-15/h4-7H,1-3H3. The van der Waals surface area contributed by atoms with Crippen molar-refractivity contribution in [3.05, 3.63) is 35.2 Å². The smallest absolute Gasteiger partial charge is 0.172 e. The summed E-state index contributed by atoms with van der Waals surface area (Å²) in [5.74, 6) is 0.791. The van der Waals surface area contributed by atoms with Crippen LogP contribution in [0.5, 0.6) is 5.75 Å². The average molecular weight is 231 g/mol. The van der Waals surface area contributed by atoms with E-state index >= 15 is 0 Å². The number of aryl methyl sites for hydroxylation is 1. The fraction of sp³-hybridized carbons (Fsp3) is 0.250. The van der Waals surface area contributed by atoms with Gasteiger partial charge in [-0.1, -0.05) is 5.21 Å². The largest absolute Gasteiger partial charge is 0.497 e. The van der Waals surface area contributed by atoms with Gasteiger partial charge < -0.3 is 4.74 Å². The van der Waals surface area contributed by atoms with Crippen molar-refractivity contribution in [2.24, 2.45) is 0 Å². The minimum absolute atomic E-state index is 0.361. The first kappa shape index (κ1) is 11.3. The van der Waals surface area contributed by atoms with Gasteiger partial charge in [-0.3, -0.25) is 4.79 Å². The number of carbonyl (C=O) groups excluding carboxylic acids is 1. The molecule has 0 fully saturated rings. The third-order valence-electron chi connectivity index (χ3n) is 2.67. The third-order valence-corrected chi connectivity index (χ3v) is 2.67. The van der Waals surface area contributed by atoms with Crippen LogP contribution in [-0.2, 0) is 0 Å². The van der Waals surface area contributed by atoms with Crippen molar-refractivity contribution in [3.63, 3.8) is 0 Å². The second-order valence-corrected chi connectivity index (χ2v) is 3.74. The number of aromatic nitrogens is 3. The molecule has 0 aliphatic heterocycles. The summed E-state index contributed by atoms with van der Waals surface area (Å²) in [6.45, 7) is 3.77.